The average molecular weight is 219 g/mol. The Kier molecular flexibility index (Phi) is 2.64. The zero-order chi connectivity index (χ0) is 11.7. The zero-order valence-corrected chi connectivity index (χ0v) is 9.58. The summed E-state index contributed by atoms with van der Waals surface area (Å²) in [6.07, 6.45) is 1.81. The van der Waals surface area contributed by atoms with Gasteiger partial charge in [-0.3, -0.25) is 4.57 Å². The van der Waals surface area contributed by atoms with Crippen molar-refractivity contribution in [3.8, 4) is 5.69 Å². The molecule has 1 aromatic carbocycles. The zero-order valence-electron chi connectivity index (χ0n) is 9.58. The molecule has 2 aromatic rings. The molecule has 1 N–H and O–H groups in total. The first-order valence-corrected chi connectivity index (χ1v) is 5.12. The molecular weight excluding hydrogens is 205 g/mol. The molecule has 0 bridgehead atoms. The molecule has 1 heterocycles. The maximum Gasteiger partial charge on any atom is 0.207 e. The topological polar surface area (TPSA) is 29.9 Å². The number of nitrogens with zero attached hydrogens (tertiary/aromatic N) is 2. The van der Waals surface area contributed by atoms with Crippen LogP contribution >= 0.6 is 0 Å². The number of hydrogen-bond donors (Lipinski definition) is 1. The van der Waals surface area contributed by atoms with Crippen molar-refractivity contribution in [2.45, 2.75) is 13.8 Å². The van der Waals surface area contributed by atoms with Gasteiger partial charge in [0.15, 0.2) is 0 Å². The van der Waals surface area contributed by atoms with Gasteiger partial charge in [0.1, 0.15) is 5.82 Å². The molecule has 0 saturated heterocycles. The van der Waals surface area contributed by atoms with Crippen LogP contribution in [0.5, 0.6) is 0 Å². The van der Waals surface area contributed by atoms with Crippen molar-refractivity contribution in [3.05, 3.63) is 41.5 Å². The fourth-order valence-electron chi connectivity index (χ4n) is 1.67. The van der Waals surface area contributed by atoms with Crippen molar-refractivity contribution in [3.63, 3.8) is 0 Å². The average Bonchev–Trinajstić information content (AvgIpc) is 2.59. The first kappa shape index (κ1) is 10.7. The molecule has 0 amide bonds. The highest BCUT2D eigenvalue weighted by atomic mass is 19.1. The lowest BCUT2D eigenvalue weighted by atomic mass is 10.2. The molecule has 84 valence electrons. The Bertz CT molecular complexity index is 517. The Morgan fingerprint density at radius 2 is 2.06 bits per heavy atom. The summed E-state index contributed by atoms with van der Waals surface area (Å²) in [6, 6.07) is 5.16. The molecule has 0 unspecified atom stereocenters. The van der Waals surface area contributed by atoms with E-state index in [0.717, 1.165) is 11.3 Å². The number of aryl methyl sites for hydroxylation is 2. The van der Waals surface area contributed by atoms with E-state index < -0.39 is 0 Å². The molecular formula is C12H14FN3. The van der Waals surface area contributed by atoms with E-state index in [1.165, 1.54) is 6.07 Å². The molecule has 0 aliphatic carbocycles. The fraction of sp³-hybridized carbons (Fsp3) is 0.250. The van der Waals surface area contributed by atoms with Crippen LogP contribution in [0.3, 0.4) is 0 Å². The van der Waals surface area contributed by atoms with Gasteiger partial charge in [-0.2, -0.15) is 0 Å². The number of anilines is 1. The van der Waals surface area contributed by atoms with Gasteiger partial charge in [0, 0.05) is 13.2 Å². The fourth-order valence-corrected chi connectivity index (χ4v) is 1.67. The third-order valence-corrected chi connectivity index (χ3v) is 2.41. The van der Waals surface area contributed by atoms with Crippen molar-refractivity contribution < 1.29 is 4.39 Å². The Labute approximate surface area is 93.9 Å². The van der Waals surface area contributed by atoms with Crippen LogP contribution in [-0.2, 0) is 0 Å². The van der Waals surface area contributed by atoms with Crippen LogP contribution in [0.4, 0.5) is 10.3 Å². The van der Waals surface area contributed by atoms with Crippen LogP contribution in [0.25, 0.3) is 5.69 Å². The quantitative estimate of drug-likeness (QED) is 0.841. The predicted molar refractivity (Wildman–Crippen MR) is 62.5 cm³/mol. The van der Waals surface area contributed by atoms with E-state index in [0.29, 0.717) is 11.6 Å². The van der Waals surface area contributed by atoms with Gasteiger partial charge in [-0.1, -0.05) is 6.07 Å². The third-order valence-electron chi connectivity index (χ3n) is 2.41. The molecule has 0 atom stereocenters. The van der Waals surface area contributed by atoms with Crippen LogP contribution in [0.1, 0.15) is 11.3 Å². The monoisotopic (exact) mass is 219 g/mol. The highest BCUT2D eigenvalue weighted by molar-refractivity contribution is 5.44. The first-order valence-electron chi connectivity index (χ1n) is 5.12. The highest BCUT2D eigenvalue weighted by Crippen LogP contribution is 2.20. The van der Waals surface area contributed by atoms with E-state index >= 15 is 0 Å². The summed E-state index contributed by atoms with van der Waals surface area (Å²) in [7, 11) is 1.77. The third kappa shape index (κ3) is 1.78. The molecule has 0 fully saturated rings. The van der Waals surface area contributed by atoms with E-state index in [9.17, 15) is 4.39 Å². The SMILES string of the molecule is CNc1nc(C)cn1-c1ccc(C)cc1F. The van der Waals surface area contributed by atoms with Gasteiger partial charge in [0.25, 0.3) is 0 Å². The summed E-state index contributed by atoms with van der Waals surface area (Å²) in [5, 5.41) is 2.94. The lowest BCUT2D eigenvalue weighted by Crippen LogP contribution is -2.02. The second kappa shape index (κ2) is 3.96. The second-order valence-corrected chi connectivity index (χ2v) is 3.78. The van der Waals surface area contributed by atoms with Gasteiger partial charge >= 0.3 is 0 Å². The molecule has 0 aliphatic heterocycles. The molecule has 0 saturated carbocycles. The number of halogens is 1. The van der Waals surface area contributed by atoms with Crippen LogP contribution in [0.15, 0.2) is 24.4 Å². The van der Waals surface area contributed by atoms with Crippen LogP contribution in [0, 0.1) is 19.7 Å². The smallest absolute Gasteiger partial charge is 0.207 e. The number of rotatable bonds is 2. The molecule has 1 aromatic heterocycles. The summed E-state index contributed by atoms with van der Waals surface area (Å²) >= 11 is 0. The summed E-state index contributed by atoms with van der Waals surface area (Å²) in [5.74, 6) is 0.397. The van der Waals surface area contributed by atoms with E-state index in [-0.39, 0.29) is 5.82 Å². The Balaban J connectivity index is 2.57. The molecule has 0 radical (unpaired) electrons. The lowest BCUT2D eigenvalue weighted by Gasteiger charge is -2.08. The molecule has 16 heavy (non-hydrogen) atoms. The van der Waals surface area contributed by atoms with E-state index in [4.69, 9.17) is 0 Å². The molecule has 2 rings (SSSR count). The standard InChI is InChI=1S/C12H14FN3/c1-8-4-5-11(10(13)6-8)16-7-9(2)15-12(16)14-3/h4-7H,1-3H3,(H,14,15). The van der Waals surface area contributed by atoms with Gasteiger partial charge in [-0.25, -0.2) is 9.37 Å². The maximum atomic E-state index is 13.8. The highest BCUT2D eigenvalue weighted by Gasteiger charge is 2.09. The van der Waals surface area contributed by atoms with Crippen molar-refractivity contribution in [1.29, 1.82) is 0 Å². The molecule has 0 aliphatic rings. The van der Waals surface area contributed by atoms with Crippen molar-refractivity contribution >= 4 is 5.95 Å². The molecule has 4 heteroatoms. The van der Waals surface area contributed by atoms with Gasteiger partial charge in [-0.05, 0) is 31.5 Å². The number of hydrogen-bond acceptors (Lipinski definition) is 2. The lowest BCUT2D eigenvalue weighted by molar-refractivity contribution is 0.617. The minimum absolute atomic E-state index is 0.242. The summed E-state index contributed by atoms with van der Waals surface area (Å²) in [5.41, 5.74) is 2.27. The maximum absolute atomic E-state index is 13.8. The summed E-state index contributed by atoms with van der Waals surface area (Å²) in [4.78, 5) is 4.25. The second-order valence-electron chi connectivity index (χ2n) is 3.78. The minimum Gasteiger partial charge on any atom is -0.358 e. The number of aromatic nitrogens is 2. The van der Waals surface area contributed by atoms with Gasteiger partial charge in [0.2, 0.25) is 5.95 Å². The number of nitrogens with one attached hydrogen (secondary N) is 1. The summed E-state index contributed by atoms with van der Waals surface area (Å²) in [6.45, 7) is 3.74. The van der Waals surface area contributed by atoms with Crippen LogP contribution < -0.4 is 5.32 Å². The van der Waals surface area contributed by atoms with Crippen molar-refractivity contribution in [2.75, 3.05) is 12.4 Å². The Morgan fingerprint density at radius 3 is 2.69 bits per heavy atom. The Morgan fingerprint density at radius 1 is 1.31 bits per heavy atom. The first-order chi connectivity index (χ1) is 7.61. The van der Waals surface area contributed by atoms with Gasteiger partial charge in [0.05, 0.1) is 11.4 Å². The normalized spacial score (nSPS) is 10.5. The van der Waals surface area contributed by atoms with Crippen LogP contribution in [0.2, 0.25) is 0 Å². The molecule has 0 spiro atoms. The van der Waals surface area contributed by atoms with Gasteiger partial charge < -0.3 is 5.32 Å². The predicted octanol–water partition coefficient (Wildman–Crippen LogP) is 2.67. The van der Waals surface area contributed by atoms with Gasteiger partial charge in [-0.15, -0.1) is 0 Å². The van der Waals surface area contributed by atoms with Crippen molar-refractivity contribution in [2.24, 2.45) is 0 Å². The minimum atomic E-state index is -0.242. The van der Waals surface area contributed by atoms with E-state index in [1.807, 2.05) is 19.9 Å². The largest absolute Gasteiger partial charge is 0.358 e. The van der Waals surface area contributed by atoms with E-state index in [2.05, 4.69) is 10.3 Å². The van der Waals surface area contributed by atoms with Crippen LogP contribution in [-0.4, -0.2) is 16.6 Å². The summed E-state index contributed by atoms with van der Waals surface area (Å²) < 4.78 is 15.5. The number of imidazole rings is 1. The number of benzene rings is 1. The van der Waals surface area contributed by atoms with Crippen molar-refractivity contribution in [1.82, 2.24) is 9.55 Å². The molecule has 3 nitrogen and oxygen atoms in total. The van der Waals surface area contributed by atoms with E-state index in [1.54, 1.807) is 23.9 Å². The Hall–Kier alpha value is -1.84.